The molecule has 36 nitrogen and oxygen atoms in total. The maximum absolute atomic E-state index is 15.0. The number of aromatic hydroxyl groups is 1. The summed E-state index contributed by atoms with van der Waals surface area (Å²) in [4.78, 5) is 155. The number of unbranched alkanes of at least 4 members (excludes halogenated alkanes) is 1. The number of anilines is 2. The summed E-state index contributed by atoms with van der Waals surface area (Å²) in [5, 5.41) is 90.6. The average Bonchev–Trinajstić information content (AvgIpc) is 0.716. The second-order valence-corrected chi connectivity index (χ2v) is 38.2. The minimum Gasteiger partial charge on any atom is -0.508 e. The van der Waals surface area contributed by atoms with Gasteiger partial charge < -0.3 is 123 Å². The highest BCUT2D eigenvalue weighted by Crippen LogP contribution is 2.60. The molecule has 36 heteroatoms. The zero-order valence-corrected chi connectivity index (χ0v) is 79.2. The summed E-state index contributed by atoms with van der Waals surface area (Å²) in [6.45, 7) is 11.6. The lowest BCUT2D eigenvalue weighted by molar-refractivity contribution is -0.234. The summed E-state index contributed by atoms with van der Waals surface area (Å²) in [7, 11) is 0. The number of para-hydroxylation sites is 1. The number of phenolic OH excluding ortho intramolecular Hbond substituents is 1. The fraction of sp³-hybridized carbons (Fsp3) is 0.610. The Bertz CT molecular complexity index is 4930. The Morgan fingerprint density at radius 3 is 1.79 bits per heavy atom. The number of ether oxygens (including phenoxy) is 6. The summed E-state index contributed by atoms with van der Waals surface area (Å²) in [5.74, 6) is 0.180. The summed E-state index contributed by atoms with van der Waals surface area (Å²) in [5.41, 5.74) is 17.7. The molecule has 4 aromatic carbocycles. The van der Waals surface area contributed by atoms with Crippen molar-refractivity contribution in [2.75, 3.05) is 103 Å². The molecule has 2 aliphatic heterocycles. The first-order valence-corrected chi connectivity index (χ1v) is 48.2. The molecular weight excluding hydrogens is 1750 g/mol. The van der Waals surface area contributed by atoms with Gasteiger partial charge in [0.05, 0.1) is 101 Å². The van der Waals surface area contributed by atoms with Crippen LogP contribution in [0.4, 0.5) is 16.2 Å². The normalized spacial score (nSPS) is 24.7. The number of phenols is 1. The van der Waals surface area contributed by atoms with Gasteiger partial charge in [-0.25, -0.2) is 4.79 Å². The second-order valence-electron chi connectivity index (χ2n) is 38.2. The monoisotopic (exact) mass is 1890 g/mol. The van der Waals surface area contributed by atoms with Crippen LogP contribution in [0, 0.1) is 40.4 Å². The number of nitrogens with one attached hydrogen (secondary N) is 10. The number of urea groups is 1. The molecule has 1 unspecified atom stereocenters. The van der Waals surface area contributed by atoms with Gasteiger partial charge in [-0.05, 0) is 202 Å². The highest BCUT2D eigenvalue weighted by atomic mass is 16.6. The van der Waals surface area contributed by atoms with E-state index in [1.165, 1.54) is 5.56 Å². The van der Waals surface area contributed by atoms with Crippen molar-refractivity contribution in [2.45, 2.75) is 268 Å². The molecular formula is C100H141N13O23. The fourth-order valence-corrected chi connectivity index (χ4v) is 20.8. The number of rotatable bonds is 46. The van der Waals surface area contributed by atoms with Crippen molar-refractivity contribution in [3.8, 4) is 17.6 Å². The quantitative estimate of drug-likeness (QED) is 0.0167. The molecule has 12 amide bonds. The highest BCUT2D eigenvalue weighted by molar-refractivity contribution is 6.02. The molecule has 0 bridgehead atoms. The Labute approximate surface area is 795 Å². The Hall–Kier alpha value is -10.7. The predicted octanol–water partition coefficient (Wildman–Crippen LogP) is 4.23. The first-order chi connectivity index (χ1) is 65.2. The molecule has 2 heterocycles. The number of aryl methyl sites for hydroxylation is 2. The lowest BCUT2D eigenvalue weighted by atomic mass is 9.49. The summed E-state index contributed by atoms with van der Waals surface area (Å²) in [6, 6.07) is 19.7. The van der Waals surface area contributed by atoms with Gasteiger partial charge >= 0.3 is 6.03 Å². The zero-order valence-electron chi connectivity index (χ0n) is 79.2. The minimum atomic E-state index is -1.63. The van der Waals surface area contributed by atoms with Gasteiger partial charge in [-0.2, -0.15) is 0 Å². The lowest BCUT2D eigenvalue weighted by Gasteiger charge is -2.56. The second kappa shape index (κ2) is 50.1. The molecule has 744 valence electrons. The van der Waals surface area contributed by atoms with Crippen LogP contribution < -0.4 is 69.5 Å². The van der Waals surface area contributed by atoms with Crippen LogP contribution >= 0.6 is 0 Å². The van der Waals surface area contributed by atoms with Crippen LogP contribution in [0.5, 0.6) is 5.75 Å². The van der Waals surface area contributed by atoms with E-state index in [2.05, 4.69) is 78.9 Å². The topological polar surface area (TPSA) is 540 Å². The third-order valence-corrected chi connectivity index (χ3v) is 28.4. The van der Waals surface area contributed by atoms with Crippen LogP contribution in [0.15, 0.2) is 96.3 Å². The van der Waals surface area contributed by atoms with E-state index in [0.29, 0.717) is 81.4 Å². The van der Waals surface area contributed by atoms with Crippen LogP contribution in [-0.2, 0) is 107 Å². The van der Waals surface area contributed by atoms with Crippen molar-refractivity contribution in [3.63, 3.8) is 0 Å². The van der Waals surface area contributed by atoms with Crippen molar-refractivity contribution in [3.05, 3.63) is 135 Å². The molecule has 0 radical (unpaired) electrons. The van der Waals surface area contributed by atoms with E-state index in [-0.39, 0.29) is 176 Å². The number of aliphatic hydroxyl groups is 5. The number of amides is 12. The van der Waals surface area contributed by atoms with E-state index in [0.717, 1.165) is 71.9 Å². The minimum absolute atomic E-state index is 0.0000555. The van der Waals surface area contributed by atoms with E-state index in [4.69, 9.17) is 39.9 Å². The number of allylic oxidation sites excluding steroid dienone is 1. The van der Waals surface area contributed by atoms with Crippen LogP contribution in [-0.4, -0.2) is 249 Å². The van der Waals surface area contributed by atoms with Crippen molar-refractivity contribution >= 4 is 76.5 Å². The van der Waals surface area contributed by atoms with Crippen molar-refractivity contribution in [1.29, 1.82) is 0 Å². The Balaban J connectivity index is 0.657. The number of carbonyl (C=O) groups is 11. The standard InChI is InChI=1S/C100H141N13O23/c1-61(2)85(92(127)108-73(24-16-45-105-96(102)130)89(124)109-74(58-114)91(126)106-67-33-29-63-31-35-78-97(3,69(63)55-67)40-17-42-99(78,5)94(128)112-95(129)100(6)43-18-41-98(4)70-56-68(116)34-30-64(70)32-36-79(98)100)111-90(125)72(23-14-15-44-103-82(119)60-135-76-26-9-7-8-22-71(84(76)101)110-93-88(123)87(122)86(121)77(59-115)136-93)107-81(118)39-47-131-49-51-133-53-54-134-52-50-132-48-46-104-80(117)37-38-83(120)113-57-66-21-11-10-19-62(66)27-28-65-20-12-13-25-75(65)113/h10-13,19-21,25,29-30,33-34,55-56,61,72-74,76-79,85-88,93,110,114-116,121-123H,7-9,14-18,22-24,26,31-32,35-54,57-60,101H2,1-6H3,(H,103,119)(H,104,117)(H,106,126)(H,107,118)(H,108,127)(H,109,124)(H,111,125)(H3,102,105,130)(H,112,128,129)/t72-,73+,74+,76?,77-,78-,79-,85+,86+,87+,88-,93-,97-,98-,99+,100+/m1/s1. The number of benzene rings is 4. The number of primary amides is 1. The molecule has 1 saturated heterocycles. The van der Waals surface area contributed by atoms with Crippen molar-refractivity contribution in [1.82, 2.24) is 47.9 Å². The van der Waals surface area contributed by atoms with E-state index in [9.17, 15) is 78.6 Å². The van der Waals surface area contributed by atoms with Gasteiger partial charge in [-0.15, -0.1) is 0 Å². The highest BCUT2D eigenvalue weighted by Gasteiger charge is 2.59. The molecule has 2 saturated carbocycles. The third kappa shape index (κ3) is 27.4. The number of imide groups is 1. The Kier molecular flexibility index (Phi) is 38.9. The van der Waals surface area contributed by atoms with Crippen LogP contribution in [0.2, 0.25) is 0 Å². The van der Waals surface area contributed by atoms with Gasteiger partial charge in [-0.1, -0.05) is 122 Å². The van der Waals surface area contributed by atoms with Crippen molar-refractivity contribution < 1.29 is 112 Å². The smallest absolute Gasteiger partial charge is 0.312 e. The molecule has 7 aliphatic rings. The number of fused-ring (bicyclic) bond motifs is 8. The van der Waals surface area contributed by atoms with Gasteiger partial charge in [0.15, 0.2) is 6.23 Å². The molecule has 4 aromatic rings. The largest absolute Gasteiger partial charge is 0.508 e. The van der Waals surface area contributed by atoms with Gasteiger partial charge in [0.2, 0.25) is 59.1 Å². The number of hydrogen-bond donors (Lipinski definition) is 18. The summed E-state index contributed by atoms with van der Waals surface area (Å²) in [6.07, 6.45) is 2.42. The van der Waals surface area contributed by atoms with Gasteiger partial charge in [0.1, 0.15) is 60.9 Å². The van der Waals surface area contributed by atoms with E-state index in [1.807, 2.05) is 86.6 Å². The number of aliphatic hydroxyl groups excluding tert-OH is 5. The van der Waals surface area contributed by atoms with Gasteiger partial charge in [0.25, 0.3) is 0 Å². The maximum Gasteiger partial charge on any atom is 0.312 e. The number of carbonyl (C=O) groups excluding carboxylic acids is 11. The van der Waals surface area contributed by atoms with E-state index < -0.39 is 144 Å². The van der Waals surface area contributed by atoms with E-state index in [1.54, 1.807) is 30.9 Å². The first kappa shape index (κ1) is 106. The molecule has 5 aliphatic carbocycles. The van der Waals surface area contributed by atoms with Crippen molar-refractivity contribution in [2.24, 2.45) is 40.1 Å². The fourth-order valence-electron chi connectivity index (χ4n) is 20.8. The molecule has 3 fully saturated rings. The molecule has 0 spiro atoms. The lowest BCUT2D eigenvalue weighted by Crippen LogP contribution is -2.62. The van der Waals surface area contributed by atoms with Crippen LogP contribution in [0.3, 0.4) is 0 Å². The third-order valence-electron chi connectivity index (χ3n) is 28.4. The molecule has 136 heavy (non-hydrogen) atoms. The van der Waals surface area contributed by atoms with Crippen LogP contribution in [0.25, 0.3) is 0 Å². The van der Waals surface area contributed by atoms with E-state index >= 15 is 4.79 Å². The Morgan fingerprint density at radius 2 is 1.13 bits per heavy atom. The molecule has 20 N–H and O–H groups in total. The number of nitrogens with two attached hydrogens (primary N) is 2. The summed E-state index contributed by atoms with van der Waals surface area (Å²) < 4.78 is 34.4. The maximum atomic E-state index is 15.0. The van der Waals surface area contributed by atoms with Gasteiger partial charge in [0, 0.05) is 61.4 Å². The van der Waals surface area contributed by atoms with Crippen LogP contribution in [0.1, 0.15) is 215 Å². The first-order valence-electron chi connectivity index (χ1n) is 48.2. The van der Waals surface area contributed by atoms with Gasteiger partial charge in [-0.3, -0.25) is 53.3 Å². The molecule has 0 aromatic heterocycles. The summed E-state index contributed by atoms with van der Waals surface area (Å²) >= 11 is 0. The predicted molar refractivity (Wildman–Crippen MR) is 503 cm³/mol. The Morgan fingerprint density at radius 1 is 0.544 bits per heavy atom. The number of nitrogens with zero attached hydrogens (tertiary/aromatic N) is 1. The molecule has 11 rings (SSSR count). The average molecular weight is 1890 g/mol. The SMILES string of the molecule is CC(C)[C@H](NC(=O)[C@@H](CCCCNC(=O)COC1CCCCCC(N[C@@H]2O[C@H](CO)[C@H](O)[C@H](O)[C@H]2O)=C1N)NC(=O)CCOCCOCCOCCOCCNC(=O)CCC(=O)N1Cc2ccccc2C#Cc2ccccc21)C(=O)N[C@@H](CCCNC(N)=O)C(=O)N[C@@H](CO)C(=O)Nc1ccc2c(c1)[C@@]1(C)CCC[C@](C)(C(=O)NC(=O)[C@@]3(C)CCC[C@]4(C)c5cc(O)ccc5CC[C@@H]34)[C@@H]1CC2. The molecule has 16 atom stereocenters. The number of hydrogen-bond acceptors (Lipinski definition) is 25. The zero-order chi connectivity index (χ0) is 97.9.